The Bertz CT molecular complexity index is 1120. The summed E-state index contributed by atoms with van der Waals surface area (Å²) in [4.78, 5) is 43.7. The topological polar surface area (TPSA) is 230 Å². The summed E-state index contributed by atoms with van der Waals surface area (Å²) >= 11 is 5.67. The van der Waals surface area contributed by atoms with Gasteiger partial charge in [0.15, 0.2) is 0 Å². The highest BCUT2D eigenvalue weighted by atomic mass is 35.6. The van der Waals surface area contributed by atoms with Gasteiger partial charge < -0.3 is 14.9 Å². The maximum absolute atomic E-state index is 10.9. The quantitative estimate of drug-likeness (QED) is 0.0627. The van der Waals surface area contributed by atoms with E-state index in [1.165, 1.54) is 13.2 Å². The molecule has 15 heteroatoms. The van der Waals surface area contributed by atoms with Gasteiger partial charge in [-0.2, -0.15) is 11.1 Å². The van der Waals surface area contributed by atoms with Crippen LogP contribution in [0.25, 0.3) is 0 Å². The number of methoxy groups -OCH3 is 1. The zero-order valence-electron chi connectivity index (χ0n) is 24.7. The molecule has 0 fully saturated rings. The molecule has 0 saturated carbocycles. The van der Waals surface area contributed by atoms with E-state index >= 15 is 0 Å². The van der Waals surface area contributed by atoms with Crippen LogP contribution in [0.2, 0.25) is 19.6 Å². The Morgan fingerprint density at radius 1 is 0.780 bits per heavy atom. The Balaban J connectivity index is -0.000000463. The van der Waals surface area contributed by atoms with Crippen LogP contribution in [-0.4, -0.2) is 64.6 Å². The maximum atomic E-state index is 10.9. The number of hydrogen-bond donors (Lipinski definition) is 6. The molecule has 0 bridgehead atoms. The molecule has 0 aromatic carbocycles. The van der Waals surface area contributed by atoms with Crippen molar-refractivity contribution in [1.29, 1.82) is 0 Å². The number of carbonyl (C=O) groups is 3. The number of aryl methyl sites for hydroxylation is 3. The van der Waals surface area contributed by atoms with E-state index < -0.39 is 19.3 Å². The second-order valence-corrected chi connectivity index (χ2v) is 15.9. The van der Waals surface area contributed by atoms with Gasteiger partial charge in [-0.25, -0.2) is 30.4 Å². The lowest BCUT2D eigenvalue weighted by molar-refractivity contribution is 0.0592. The number of halogens is 1. The van der Waals surface area contributed by atoms with E-state index in [1.54, 1.807) is 43.3 Å². The Kier molecular flexibility index (Phi) is 24.4. The predicted octanol–water partition coefficient (Wildman–Crippen LogP) is 2.75. The Morgan fingerprint density at radius 2 is 1.10 bits per heavy atom. The highest BCUT2D eigenvalue weighted by Crippen LogP contribution is 2.03. The average Bonchev–Trinajstić information content (AvgIpc) is 2.94. The number of carboxylic acid groups (broad SMARTS) is 1. The van der Waals surface area contributed by atoms with Crippen molar-refractivity contribution in [3.63, 3.8) is 0 Å². The number of aromatic nitrogens is 3. The molecule has 41 heavy (non-hydrogen) atoms. The fourth-order valence-corrected chi connectivity index (χ4v) is 2.17. The zero-order valence-corrected chi connectivity index (χ0v) is 26.4. The van der Waals surface area contributed by atoms with Gasteiger partial charge in [0.25, 0.3) is 5.91 Å². The minimum absolute atomic E-state index is 0.0972. The molecule has 228 valence electrons. The number of carbonyl (C=O) groups excluding carboxylic acids is 2. The van der Waals surface area contributed by atoms with Gasteiger partial charge in [-0.15, -0.1) is 0 Å². The third-order valence-electron chi connectivity index (χ3n) is 3.64. The van der Waals surface area contributed by atoms with Crippen LogP contribution in [0.4, 0.5) is 0 Å². The molecule has 13 nitrogen and oxygen atoms in total. The van der Waals surface area contributed by atoms with Crippen LogP contribution in [0, 0.1) is 20.8 Å². The van der Waals surface area contributed by atoms with Crippen LogP contribution >= 0.6 is 11.1 Å². The number of amides is 1. The first-order valence-electron chi connectivity index (χ1n) is 11.8. The first-order valence-corrected chi connectivity index (χ1v) is 16.3. The van der Waals surface area contributed by atoms with Gasteiger partial charge in [-0.3, -0.25) is 21.9 Å². The highest BCUT2D eigenvalue weighted by molar-refractivity contribution is 7.18. The van der Waals surface area contributed by atoms with Gasteiger partial charge in [0, 0.05) is 24.2 Å². The van der Waals surface area contributed by atoms with Gasteiger partial charge in [-0.05, 0) is 57.2 Å². The molecular weight excluding hydrogens is 570 g/mol. The summed E-state index contributed by atoms with van der Waals surface area (Å²) in [7, 11) is 1.20. The SMILES string of the molecule is CO.COC(=O)c1cccc(C)n1.C[Si](C)(C)Cl.Cc1cccc(C(=O)NN)n1.Cc1cccc(C(=O)O)n1.NN. The normalized spacial score (nSPS) is 9.00. The molecule has 0 unspecified atom stereocenters. The van der Waals surface area contributed by atoms with Crippen molar-refractivity contribution < 1.29 is 29.3 Å². The molecular formula is C26H42ClN7O6Si. The van der Waals surface area contributed by atoms with Crippen LogP contribution in [0.15, 0.2) is 54.6 Å². The van der Waals surface area contributed by atoms with E-state index in [1.807, 2.05) is 31.4 Å². The number of ether oxygens (including phenoxy) is 1. The van der Waals surface area contributed by atoms with E-state index in [2.05, 4.69) is 51.0 Å². The number of aliphatic hydroxyl groups is 1. The van der Waals surface area contributed by atoms with Crippen molar-refractivity contribution in [3.8, 4) is 0 Å². The monoisotopic (exact) mass is 611 g/mol. The average molecular weight is 612 g/mol. The van der Waals surface area contributed by atoms with Crippen molar-refractivity contribution in [3.05, 3.63) is 88.8 Å². The number of hydrogen-bond acceptors (Lipinski definition) is 11. The van der Waals surface area contributed by atoms with Gasteiger partial charge in [-0.1, -0.05) is 37.8 Å². The summed E-state index contributed by atoms with van der Waals surface area (Å²) in [6.45, 7) is 11.7. The molecule has 0 aliphatic rings. The number of pyridine rings is 3. The molecule has 0 radical (unpaired) electrons. The zero-order chi connectivity index (χ0) is 32.6. The molecule has 9 N–H and O–H groups in total. The number of carboxylic acids is 1. The number of nitrogens with two attached hydrogens (primary N) is 3. The molecule has 0 saturated heterocycles. The van der Waals surface area contributed by atoms with Crippen molar-refractivity contribution in [2.75, 3.05) is 14.2 Å². The third-order valence-corrected chi connectivity index (χ3v) is 3.64. The van der Waals surface area contributed by atoms with Crippen molar-refractivity contribution in [1.82, 2.24) is 20.4 Å². The smallest absolute Gasteiger partial charge is 0.356 e. The molecule has 3 aromatic heterocycles. The number of nitrogens with one attached hydrogen (secondary N) is 1. The van der Waals surface area contributed by atoms with Gasteiger partial charge in [0.05, 0.1) is 7.11 Å². The number of rotatable bonds is 3. The van der Waals surface area contributed by atoms with Gasteiger partial charge >= 0.3 is 11.9 Å². The predicted molar refractivity (Wildman–Crippen MR) is 163 cm³/mol. The first-order chi connectivity index (χ1) is 19.2. The Labute approximate surface area is 246 Å². The van der Waals surface area contributed by atoms with E-state index in [0.29, 0.717) is 11.4 Å². The van der Waals surface area contributed by atoms with Crippen LogP contribution in [0.5, 0.6) is 0 Å². The van der Waals surface area contributed by atoms with Crippen LogP contribution in [0.3, 0.4) is 0 Å². The standard InChI is InChI=1S/C8H9NO2.C7H9N3O.C7H7NO2.C3H9ClSi.CH4O.H4N2/c1-6-4-3-5-7(9-6)8(10)11-2;1-5-3-2-4-6(9-5)7(11)10-8;1-5-3-2-4-6(8-5)7(9)10;1-5(2,3)4;2*1-2/h3-5H,1-2H3;2-4H,8H2,1H3,(H,10,11);2-4H,1H3,(H,9,10);1-3H3;2H,1H3;1-2H2. The van der Waals surface area contributed by atoms with E-state index in [-0.39, 0.29) is 11.6 Å². The lowest BCUT2D eigenvalue weighted by Gasteiger charge is -1.98. The van der Waals surface area contributed by atoms with Crippen molar-refractivity contribution in [2.45, 2.75) is 40.4 Å². The summed E-state index contributed by atoms with van der Waals surface area (Å²) in [6.07, 6.45) is 0. The van der Waals surface area contributed by atoms with Crippen LogP contribution in [0.1, 0.15) is 48.5 Å². The summed E-state index contributed by atoms with van der Waals surface area (Å²) in [5.41, 5.74) is 5.13. The molecule has 0 aliphatic heterocycles. The Morgan fingerprint density at radius 3 is 1.39 bits per heavy atom. The molecule has 0 atom stereocenters. The fraction of sp³-hybridized carbons (Fsp3) is 0.308. The number of nitrogens with zero attached hydrogens (tertiary/aromatic N) is 3. The molecule has 0 aliphatic carbocycles. The van der Waals surface area contributed by atoms with Crippen molar-refractivity contribution in [2.24, 2.45) is 17.5 Å². The van der Waals surface area contributed by atoms with Crippen LogP contribution < -0.4 is 23.0 Å². The summed E-state index contributed by atoms with van der Waals surface area (Å²) < 4.78 is 4.49. The largest absolute Gasteiger partial charge is 0.477 e. The number of esters is 1. The highest BCUT2D eigenvalue weighted by Gasteiger charge is 2.05. The third kappa shape index (κ3) is 23.8. The van der Waals surface area contributed by atoms with Gasteiger partial charge in [0.1, 0.15) is 24.5 Å². The van der Waals surface area contributed by atoms with Gasteiger partial charge in [0.2, 0.25) is 0 Å². The number of aromatic carboxylic acids is 1. The Hall–Kier alpha value is -3.79. The second-order valence-electron chi connectivity index (χ2n) is 8.33. The summed E-state index contributed by atoms with van der Waals surface area (Å²) in [5, 5.41) is 15.4. The van der Waals surface area contributed by atoms with E-state index in [0.717, 1.165) is 24.2 Å². The second kappa shape index (κ2) is 24.0. The van der Waals surface area contributed by atoms with E-state index in [9.17, 15) is 14.4 Å². The lowest BCUT2D eigenvalue weighted by Crippen LogP contribution is -2.30. The molecule has 3 heterocycles. The number of aliphatic hydroxyl groups excluding tert-OH is 1. The number of hydrazine groups is 2. The fourth-order valence-electron chi connectivity index (χ4n) is 2.17. The number of nitrogen functional groups attached to an aromatic ring is 1. The lowest BCUT2D eigenvalue weighted by atomic mass is 10.3. The van der Waals surface area contributed by atoms with E-state index in [4.69, 9.17) is 27.1 Å². The maximum Gasteiger partial charge on any atom is 0.356 e. The van der Waals surface area contributed by atoms with Crippen molar-refractivity contribution >= 4 is 36.3 Å². The van der Waals surface area contributed by atoms with Crippen LogP contribution in [-0.2, 0) is 4.74 Å². The first kappa shape index (κ1) is 41.7. The molecule has 3 aromatic rings. The molecule has 1 amide bonds. The minimum atomic E-state index is -1.14. The minimum Gasteiger partial charge on any atom is -0.477 e. The summed E-state index contributed by atoms with van der Waals surface area (Å²) in [5.74, 6) is 11.2. The summed E-state index contributed by atoms with van der Waals surface area (Å²) in [6, 6.07) is 15.3. The molecule has 0 spiro atoms. The molecule has 3 rings (SSSR count).